The monoisotopic (exact) mass is 489 g/mol. The Bertz CT molecular complexity index is 1150. The Hall–Kier alpha value is -3.34. The molecule has 0 aliphatic carbocycles. The summed E-state index contributed by atoms with van der Waals surface area (Å²) in [6.45, 7) is 6.10. The summed E-state index contributed by atoms with van der Waals surface area (Å²) in [5, 5.41) is 9.78. The fourth-order valence-electron chi connectivity index (χ4n) is 4.96. The van der Waals surface area contributed by atoms with Crippen molar-refractivity contribution in [1.82, 2.24) is 14.7 Å². The predicted molar refractivity (Wildman–Crippen MR) is 138 cm³/mol. The molecule has 0 unspecified atom stereocenters. The summed E-state index contributed by atoms with van der Waals surface area (Å²) in [5.74, 6) is 6.54. The van der Waals surface area contributed by atoms with Gasteiger partial charge in [0.1, 0.15) is 16.9 Å². The molecule has 0 bridgehead atoms. The van der Waals surface area contributed by atoms with Crippen molar-refractivity contribution in [2.45, 2.75) is 50.8 Å². The summed E-state index contributed by atoms with van der Waals surface area (Å²) in [5.41, 5.74) is 1.36. The highest BCUT2D eigenvalue weighted by molar-refractivity contribution is 6.06. The van der Waals surface area contributed by atoms with E-state index in [-0.39, 0.29) is 11.9 Å². The predicted octanol–water partition coefficient (Wildman–Crippen LogP) is 3.29. The lowest BCUT2D eigenvalue weighted by Gasteiger charge is -2.42. The van der Waals surface area contributed by atoms with Crippen LogP contribution in [0.2, 0.25) is 0 Å². The molecule has 190 valence electrons. The molecule has 2 fully saturated rings. The zero-order valence-electron chi connectivity index (χ0n) is 21.6. The van der Waals surface area contributed by atoms with E-state index in [2.05, 4.69) is 28.9 Å². The molecule has 0 aromatic heterocycles. The molecule has 7 heteroatoms. The molecule has 4 rings (SSSR count). The van der Waals surface area contributed by atoms with Crippen LogP contribution in [0.1, 0.15) is 43.4 Å². The van der Waals surface area contributed by atoms with Gasteiger partial charge < -0.3 is 14.7 Å². The van der Waals surface area contributed by atoms with Crippen molar-refractivity contribution in [3.05, 3.63) is 65.2 Å². The third-order valence-electron chi connectivity index (χ3n) is 7.08. The first-order valence-electron chi connectivity index (χ1n) is 12.4. The van der Waals surface area contributed by atoms with E-state index in [1.54, 1.807) is 32.9 Å². The van der Waals surface area contributed by atoms with Crippen molar-refractivity contribution in [2.75, 3.05) is 33.8 Å². The van der Waals surface area contributed by atoms with E-state index in [4.69, 9.17) is 4.74 Å². The Morgan fingerprint density at radius 2 is 1.61 bits per heavy atom. The van der Waals surface area contributed by atoms with Crippen LogP contribution in [0.4, 0.5) is 4.79 Å². The zero-order valence-corrected chi connectivity index (χ0v) is 21.6. The SMILES string of the molecule is COc1ccc(CCN2C(=O)N(C)C(=O)C23CCN(Cc2ccc(C#CC(C)(C)O)cc2)CC3)cc1. The third-order valence-corrected chi connectivity index (χ3v) is 7.08. The number of benzene rings is 2. The molecular weight excluding hydrogens is 454 g/mol. The number of hydrogen-bond acceptors (Lipinski definition) is 5. The van der Waals surface area contributed by atoms with Gasteiger partial charge in [-0.25, -0.2) is 4.79 Å². The summed E-state index contributed by atoms with van der Waals surface area (Å²) in [6.07, 6.45) is 1.93. The molecule has 2 aromatic carbocycles. The van der Waals surface area contributed by atoms with Crippen molar-refractivity contribution < 1.29 is 19.4 Å². The van der Waals surface area contributed by atoms with Crippen LogP contribution in [0.25, 0.3) is 0 Å². The second-order valence-electron chi connectivity index (χ2n) is 10.2. The quantitative estimate of drug-likeness (QED) is 0.498. The number of amides is 3. The lowest BCUT2D eigenvalue weighted by molar-refractivity contribution is -0.134. The standard InChI is InChI=1S/C29H35N3O4/c1-28(2,35)15-13-22-5-7-24(8-6-22)21-31-19-16-29(17-20-31)26(33)30(3)27(34)32(29)18-14-23-9-11-25(36-4)12-10-23/h5-12,35H,14,16-21H2,1-4H3. The zero-order chi connectivity index (χ0) is 25.9. The summed E-state index contributed by atoms with van der Waals surface area (Å²) in [6, 6.07) is 15.7. The topological polar surface area (TPSA) is 73.3 Å². The van der Waals surface area contributed by atoms with Gasteiger partial charge in [0.2, 0.25) is 0 Å². The number of hydrogen-bond donors (Lipinski definition) is 1. The van der Waals surface area contributed by atoms with Crippen LogP contribution >= 0.6 is 0 Å². The number of aliphatic hydroxyl groups is 1. The van der Waals surface area contributed by atoms with Crippen LogP contribution in [0, 0.1) is 11.8 Å². The summed E-state index contributed by atoms with van der Waals surface area (Å²) >= 11 is 0. The maximum absolute atomic E-state index is 13.2. The van der Waals surface area contributed by atoms with Gasteiger partial charge in [-0.2, -0.15) is 0 Å². The van der Waals surface area contributed by atoms with Crippen LogP contribution < -0.4 is 4.74 Å². The number of ether oxygens (including phenoxy) is 1. The average molecular weight is 490 g/mol. The Labute approximate surface area is 213 Å². The van der Waals surface area contributed by atoms with Crippen LogP contribution in [-0.4, -0.2) is 76.7 Å². The van der Waals surface area contributed by atoms with Crippen molar-refractivity contribution in [3.63, 3.8) is 0 Å². The minimum absolute atomic E-state index is 0.0865. The number of methoxy groups -OCH3 is 1. The highest BCUT2D eigenvalue weighted by atomic mass is 16.5. The Balaban J connectivity index is 1.39. The number of piperidine rings is 1. The minimum Gasteiger partial charge on any atom is -0.497 e. The largest absolute Gasteiger partial charge is 0.497 e. The van der Waals surface area contributed by atoms with Gasteiger partial charge >= 0.3 is 6.03 Å². The molecule has 0 radical (unpaired) electrons. The van der Waals surface area contributed by atoms with E-state index in [9.17, 15) is 14.7 Å². The van der Waals surface area contributed by atoms with Gasteiger partial charge in [-0.15, -0.1) is 0 Å². The fourth-order valence-corrected chi connectivity index (χ4v) is 4.96. The van der Waals surface area contributed by atoms with Crippen LogP contribution in [0.3, 0.4) is 0 Å². The minimum atomic E-state index is -1.02. The van der Waals surface area contributed by atoms with E-state index in [0.717, 1.165) is 36.5 Å². The smallest absolute Gasteiger partial charge is 0.327 e. The highest BCUT2D eigenvalue weighted by Gasteiger charge is 2.56. The molecule has 2 aromatic rings. The normalized spacial score (nSPS) is 17.9. The van der Waals surface area contributed by atoms with Crippen molar-refractivity contribution >= 4 is 11.9 Å². The van der Waals surface area contributed by atoms with E-state index in [1.807, 2.05) is 36.4 Å². The van der Waals surface area contributed by atoms with Gasteiger partial charge in [-0.3, -0.25) is 14.6 Å². The first-order valence-corrected chi connectivity index (χ1v) is 12.4. The molecule has 2 aliphatic heterocycles. The highest BCUT2D eigenvalue weighted by Crippen LogP contribution is 2.37. The molecule has 0 saturated carbocycles. The van der Waals surface area contributed by atoms with Crippen molar-refractivity contribution in [3.8, 4) is 17.6 Å². The second-order valence-corrected chi connectivity index (χ2v) is 10.2. The molecular formula is C29H35N3O4. The molecule has 2 aliphatic rings. The molecule has 2 saturated heterocycles. The van der Waals surface area contributed by atoms with Gasteiger partial charge in [0.25, 0.3) is 5.91 Å². The molecule has 36 heavy (non-hydrogen) atoms. The average Bonchev–Trinajstić information content (AvgIpc) is 3.04. The van der Waals surface area contributed by atoms with E-state index in [1.165, 1.54) is 10.5 Å². The van der Waals surface area contributed by atoms with E-state index >= 15 is 0 Å². The first-order chi connectivity index (χ1) is 17.1. The number of likely N-dealkylation sites (tertiary alicyclic amines) is 1. The number of likely N-dealkylation sites (N-methyl/N-ethyl adjacent to an activating group) is 1. The maximum atomic E-state index is 13.2. The molecule has 3 amide bonds. The fraction of sp³-hybridized carbons (Fsp3) is 0.448. The van der Waals surface area contributed by atoms with E-state index < -0.39 is 11.1 Å². The van der Waals surface area contributed by atoms with Crippen LogP contribution in [0.5, 0.6) is 5.75 Å². The molecule has 0 atom stereocenters. The number of imide groups is 1. The maximum Gasteiger partial charge on any atom is 0.327 e. The van der Waals surface area contributed by atoms with Crippen molar-refractivity contribution in [2.24, 2.45) is 0 Å². The molecule has 1 N–H and O–H groups in total. The Kier molecular flexibility index (Phi) is 7.39. The van der Waals surface area contributed by atoms with Crippen LogP contribution in [-0.2, 0) is 17.8 Å². The Morgan fingerprint density at radius 3 is 2.19 bits per heavy atom. The number of carbonyl (C=O) groups excluding carboxylic acids is 2. The molecule has 2 heterocycles. The van der Waals surface area contributed by atoms with Gasteiger partial charge in [-0.05, 0) is 68.5 Å². The second kappa shape index (κ2) is 10.3. The van der Waals surface area contributed by atoms with Crippen molar-refractivity contribution in [1.29, 1.82) is 0 Å². The number of rotatable bonds is 6. The summed E-state index contributed by atoms with van der Waals surface area (Å²) in [7, 11) is 3.23. The number of carbonyl (C=O) groups is 2. The van der Waals surface area contributed by atoms with Crippen LogP contribution in [0.15, 0.2) is 48.5 Å². The van der Waals surface area contributed by atoms with Gasteiger partial charge in [0.05, 0.1) is 7.11 Å². The van der Waals surface area contributed by atoms with Gasteiger partial charge in [0, 0.05) is 38.8 Å². The van der Waals surface area contributed by atoms with Gasteiger partial charge in [0.15, 0.2) is 0 Å². The Morgan fingerprint density at radius 1 is 1.00 bits per heavy atom. The number of urea groups is 1. The first kappa shape index (κ1) is 25.7. The molecule has 1 spiro atoms. The third kappa shape index (κ3) is 5.56. The summed E-state index contributed by atoms with van der Waals surface area (Å²) < 4.78 is 5.23. The lowest BCUT2D eigenvalue weighted by Crippen LogP contribution is -2.56. The molecule has 7 nitrogen and oxygen atoms in total. The van der Waals surface area contributed by atoms with E-state index in [0.29, 0.717) is 25.8 Å². The summed E-state index contributed by atoms with van der Waals surface area (Å²) in [4.78, 5) is 31.7. The number of nitrogens with zero attached hydrogens (tertiary/aromatic N) is 3. The van der Waals surface area contributed by atoms with Gasteiger partial charge in [-0.1, -0.05) is 36.1 Å². The lowest BCUT2D eigenvalue weighted by atomic mass is 9.85.